The first kappa shape index (κ1) is 22.0. The van der Waals surface area contributed by atoms with Crippen LogP contribution in [0.4, 0.5) is 5.69 Å². The summed E-state index contributed by atoms with van der Waals surface area (Å²) in [6.45, 7) is 0.703. The molecule has 2 amide bonds. The van der Waals surface area contributed by atoms with E-state index in [1.165, 1.54) is 11.3 Å². The van der Waals surface area contributed by atoms with Crippen molar-refractivity contribution in [3.8, 4) is 16.3 Å². The second-order valence-electron chi connectivity index (χ2n) is 7.19. The van der Waals surface area contributed by atoms with Crippen molar-refractivity contribution >= 4 is 28.8 Å². The summed E-state index contributed by atoms with van der Waals surface area (Å²) in [6, 6.07) is 12.5. The molecule has 0 spiro atoms. The van der Waals surface area contributed by atoms with Gasteiger partial charge >= 0.3 is 0 Å². The van der Waals surface area contributed by atoms with Gasteiger partial charge in [-0.1, -0.05) is 6.07 Å². The van der Waals surface area contributed by atoms with Gasteiger partial charge < -0.3 is 14.8 Å². The number of aromatic nitrogens is 2. The Morgan fingerprint density at radius 3 is 2.97 bits per heavy atom. The van der Waals surface area contributed by atoms with Crippen molar-refractivity contribution in [3.63, 3.8) is 0 Å². The van der Waals surface area contributed by atoms with Crippen LogP contribution in [0.3, 0.4) is 0 Å². The Kier molecular flexibility index (Phi) is 7.15. The van der Waals surface area contributed by atoms with E-state index in [0.717, 1.165) is 24.1 Å². The molecule has 3 heterocycles. The first-order chi connectivity index (χ1) is 15.6. The Morgan fingerprint density at radius 2 is 2.16 bits per heavy atom. The number of nitrogens with zero attached hydrogens (tertiary/aromatic N) is 2. The SMILES string of the molecule is COc1cccc(NC(=O)Cn2ccc(-c3ccc(C(=O)NOC4CCCCO4)s3)n2)c1. The van der Waals surface area contributed by atoms with Crippen LogP contribution in [0, 0.1) is 0 Å². The number of methoxy groups -OCH3 is 1. The van der Waals surface area contributed by atoms with Crippen molar-refractivity contribution in [1.29, 1.82) is 0 Å². The van der Waals surface area contributed by atoms with Crippen LogP contribution in [0.15, 0.2) is 48.7 Å². The molecule has 9 nitrogen and oxygen atoms in total. The van der Waals surface area contributed by atoms with E-state index in [4.69, 9.17) is 14.3 Å². The number of hydroxylamine groups is 1. The quantitative estimate of drug-likeness (QED) is 0.503. The summed E-state index contributed by atoms with van der Waals surface area (Å²) in [4.78, 5) is 31.3. The monoisotopic (exact) mass is 456 g/mol. The third-order valence-electron chi connectivity index (χ3n) is 4.80. The lowest BCUT2D eigenvalue weighted by Gasteiger charge is -2.21. The molecule has 1 saturated heterocycles. The van der Waals surface area contributed by atoms with Crippen molar-refractivity contribution in [1.82, 2.24) is 15.3 Å². The maximum absolute atomic E-state index is 12.3. The fourth-order valence-electron chi connectivity index (χ4n) is 3.20. The van der Waals surface area contributed by atoms with Crippen LogP contribution in [0.1, 0.15) is 28.9 Å². The topological polar surface area (TPSA) is 104 Å². The van der Waals surface area contributed by atoms with Crippen LogP contribution >= 0.6 is 11.3 Å². The van der Waals surface area contributed by atoms with Gasteiger partial charge in [0.1, 0.15) is 18.0 Å². The highest BCUT2D eigenvalue weighted by atomic mass is 32.1. The van der Waals surface area contributed by atoms with Crippen molar-refractivity contribution in [2.45, 2.75) is 32.1 Å². The molecular formula is C22H24N4O5S. The molecular weight excluding hydrogens is 432 g/mol. The number of carbonyl (C=O) groups is 2. The fourth-order valence-corrected chi connectivity index (χ4v) is 4.06. The molecule has 2 aromatic heterocycles. The smallest absolute Gasteiger partial charge is 0.285 e. The van der Waals surface area contributed by atoms with E-state index in [2.05, 4.69) is 15.9 Å². The van der Waals surface area contributed by atoms with E-state index in [9.17, 15) is 9.59 Å². The molecule has 0 saturated carbocycles. The standard InChI is InChI=1S/C22H24N4O5S/c1-29-16-6-4-5-15(13-16)23-20(27)14-26-11-10-17(24-26)18-8-9-19(32-18)22(28)25-31-21-7-2-3-12-30-21/h4-6,8-11,13,21H,2-3,7,12,14H2,1H3,(H,23,27)(H,25,28). The van der Waals surface area contributed by atoms with Gasteiger partial charge in [0.2, 0.25) is 5.91 Å². The van der Waals surface area contributed by atoms with Gasteiger partial charge in [0.05, 0.1) is 16.9 Å². The Balaban J connectivity index is 1.31. The van der Waals surface area contributed by atoms with E-state index in [0.29, 0.717) is 28.6 Å². The van der Waals surface area contributed by atoms with Gasteiger partial charge in [0, 0.05) is 31.0 Å². The predicted octanol–water partition coefficient (Wildman–Crippen LogP) is 3.45. The summed E-state index contributed by atoms with van der Waals surface area (Å²) in [5.74, 6) is 0.132. The largest absolute Gasteiger partial charge is 0.497 e. The zero-order chi connectivity index (χ0) is 22.3. The van der Waals surface area contributed by atoms with Gasteiger partial charge in [-0.05, 0) is 43.2 Å². The highest BCUT2D eigenvalue weighted by Gasteiger charge is 2.18. The summed E-state index contributed by atoms with van der Waals surface area (Å²) in [6.07, 6.45) is 4.12. The summed E-state index contributed by atoms with van der Waals surface area (Å²) in [5, 5.41) is 7.27. The molecule has 3 aromatic rings. The number of nitrogens with one attached hydrogen (secondary N) is 2. The Bertz CT molecular complexity index is 1070. The zero-order valence-electron chi connectivity index (χ0n) is 17.6. The number of amides is 2. The third-order valence-corrected chi connectivity index (χ3v) is 5.91. The minimum Gasteiger partial charge on any atom is -0.497 e. The second kappa shape index (κ2) is 10.4. The summed E-state index contributed by atoms with van der Waals surface area (Å²) < 4.78 is 12.1. The van der Waals surface area contributed by atoms with Crippen LogP contribution in [-0.4, -0.2) is 41.6 Å². The van der Waals surface area contributed by atoms with Gasteiger partial charge in [-0.3, -0.25) is 14.3 Å². The molecule has 2 N–H and O–H groups in total. The Labute approximate surface area is 189 Å². The molecule has 1 aliphatic heterocycles. The maximum Gasteiger partial charge on any atom is 0.285 e. The van der Waals surface area contributed by atoms with Gasteiger partial charge in [-0.2, -0.15) is 5.10 Å². The van der Waals surface area contributed by atoms with E-state index in [-0.39, 0.29) is 18.4 Å². The van der Waals surface area contributed by atoms with Crippen LogP contribution in [-0.2, 0) is 20.9 Å². The number of hydrogen-bond acceptors (Lipinski definition) is 7. The van der Waals surface area contributed by atoms with Crippen LogP contribution in [0.25, 0.3) is 10.6 Å². The van der Waals surface area contributed by atoms with Crippen molar-refractivity contribution < 1.29 is 23.9 Å². The molecule has 0 aliphatic carbocycles. The number of thiophene rings is 1. The molecule has 0 radical (unpaired) electrons. The molecule has 1 unspecified atom stereocenters. The minimum absolute atomic E-state index is 0.0607. The van der Waals surface area contributed by atoms with Crippen molar-refractivity contribution in [3.05, 3.63) is 53.5 Å². The number of hydrogen-bond donors (Lipinski definition) is 2. The average molecular weight is 457 g/mol. The number of benzene rings is 1. The average Bonchev–Trinajstić information content (AvgIpc) is 3.48. The highest BCUT2D eigenvalue weighted by Crippen LogP contribution is 2.27. The molecule has 32 heavy (non-hydrogen) atoms. The lowest BCUT2D eigenvalue weighted by Crippen LogP contribution is -2.32. The van der Waals surface area contributed by atoms with Gasteiger partial charge in [0.15, 0.2) is 6.29 Å². The molecule has 1 atom stereocenters. The fraction of sp³-hybridized carbons (Fsp3) is 0.318. The number of ether oxygens (including phenoxy) is 2. The lowest BCUT2D eigenvalue weighted by atomic mass is 10.2. The molecule has 10 heteroatoms. The highest BCUT2D eigenvalue weighted by molar-refractivity contribution is 7.17. The molecule has 168 valence electrons. The zero-order valence-corrected chi connectivity index (χ0v) is 18.4. The molecule has 0 bridgehead atoms. The predicted molar refractivity (Wildman–Crippen MR) is 119 cm³/mol. The third kappa shape index (κ3) is 5.72. The molecule has 1 aromatic carbocycles. The van der Waals surface area contributed by atoms with E-state index >= 15 is 0 Å². The molecule has 1 fully saturated rings. The maximum atomic E-state index is 12.3. The number of carbonyl (C=O) groups excluding carboxylic acids is 2. The van der Waals surface area contributed by atoms with Crippen LogP contribution in [0.2, 0.25) is 0 Å². The summed E-state index contributed by atoms with van der Waals surface area (Å²) in [5.41, 5.74) is 3.78. The van der Waals surface area contributed by atoms with Gasteiger partial charge in [-0.25, -0.2) is 10.3 Å². The van der Waals surface area contributed by atoms with Crippen molar-refractivity contribution in [2.75, 3.05) is 19.0 Å². The first-order valence-corrected chi connectivity index (χ1v) is 11.1. The Hall–Kier alpha value is -3.21. The first-order valence-electron chi connectivity index (χ1n) is 10.3. The van der Waals surface area contributed by atoms with E-state index < -0.39 is 6.29 Å². The van der Waals surface area contributed by atoms with Gasteiger partial charge in [-0.15, -0.1) is 11.3 Å². The molecule has 4 rings (SSSR count). The number of rotatable bonds is 8. The van der Waals surface area contributed by atoms with Crippen LogP contribution < -0.4 is 15.5 Å². The van der Waals surface area contributed by atoms with Crippen molar-refractivity contribution in [2.24, 2.45) is 0 Å². The Morgan fingerprint density at radius 1 is 1.25 bits per heavy atom. The van der Waals surface area contributed by atoms with E-state index in [1.807, 2.05) is 6.07 Å². The normalized spacial score (nSPS) is 15.8. The summed E-state index contributed by atoms with van der Waals surface area (Å²) in [7, 11) is 1.57. The minimum atomic E-state index is -0.397. The summed E-state index contributed by atoms with van der Waals surface area (Å²) >= 11 is 1.30. The van der Waals surface area contributed by atoms with Crippen LogP contribution in [0.5, 0.6) is 5.75 Å². The second-order valence-corrected chi connectivity index (χ2v) is 8.27. The molecule has 1 aliphatic rings. The van der Waals surface area contributed by atoms with Gasteiger partial charge in [0.25, 0.3) is 5.91 Å². The lowest BCUT2D eigenvalue weighted by molar-refractivity contribution is -0.186. The van der Waals surface area contributed by atoms with E-state index in [1.54, 1.807) is 54.4 Å². The number of anilines is 1.